The third kappa shape index (κ3) is 2.81. The minimum Gasteiger partial charge on any atom is -0.332 e. The molecule has 1 rings (SSSR count). The quantitative estimate of drug-likeness (QED) is 0.489. The molecule has 13 heavy (non-hydrogen) atoms. The van der Waals surface area contributed by atoms with Crippen LogP contribution in [-0.2, 0) is 0 Å². The summed E-state index contributed by atoms with van der Waals surface area (Å²) < 4.78 is 0. The van der Waals surface area contributed by atoms with E-state index in [0.717, 1.165) is 13.2 Å². The number of hydrogen-bond acceptors (Lipinski definition) is 7. The number of aliphatic imine (C=N–C) groups is 1. The highest BCUT2D eigenvalue weighted by molar-refractivity contribution is 5.79. The molecule has 7 heteroatoms. The predicted molar refractivity (Wildman–Crippen MR) is 45.9 cm³/mol. The molecule has 0 atom stereocenters. The molecule has 0 amide bonds. The molecule has 3 N–H and O–H groups in total. The smallest absolute Gasteiger partial charge is 0.214 e. The Morgan fingerprint density at radius 1 is 1.62 bits per heavy atom. The molecule has 0 unspecified atom stereocenters. The summed E-state index contributed by atoms with van der Waals surface area (Å²) in [5.74, 6) is 0.440. The lowest BCUT2D eigenvalue weighted by molar-refractivity contribution is -0.330. The van der Waals surface area contributed by atoms with Crippen molar-refractivity contribution in [2.45, 2.75) is 6.92 Å². The molecule has 0 bridgehead atoms. The highest BCUT2D eigenvalue weighted by atomic mass is 16.8. The molecule has 1 heterocycles. The normalized spacial score (nSPS) is 19.2. The first kappa shape index (κ1) is 10.2. The topological polar surface area (TPSA) is 74.6 Å². The van der Waals surface area contributed by atoms with Crippen LogP contribution in [0.2, 0.25) is 0 Å². The fraction of sp³-hybridized carbons (Fsp3) is 0.833. The van der Waals surface area contributed by atoms with E-state index in [0.29, 0.717) is 12.6 Å². The third-order valence-electron chi connectivity index (χ3n) is 1.84. The van der Waals surface area contributed by atoms with Crippen molar-refractivity contribution >= 4 is 5.96 Å². The Hall–Kier alpha value is -0.890. The summed E-state index contributed by atoms with van der Waals surface area (Å²) in [6.07, 6.45) is 0. The minimum atomic E-state index is -0.100. The van der Waals surface area contributed by atoms with Crippen LogP contribution in [-0.4, -0.2) is 58.4 Å². The first-order valence-electron chi connectivity index (χ1n) is 4.06. The van der Waals surface area contributed by atoms with Gasteiger partial charge in [0.25, 0.3) is 0 Å². The van der Waals surface area contributed by atoms with Crippen molar-refractivity contribution in [3.63, 3.8) is 0 Å². The molecule has 76 valence electrons. The van der Waals surface area contributed by atoms with Crippen molar-refractivity contribution in [1.29, 1.82) is 0 Å². The zero-order valence-electron chi connectivity index (χ0n) is 7.80. The lowest BCUT2D eigenvalue weighted by Crippen LogP contribution is -2.52. The van der Waals surface area contributed by atoms with Gasteiger partial charge in [0.05, 0.1) is 13.3 Å². The van der Waals surface area contributed by atoms with E-state index in [1.807, 2.05) is 14.0 Å². The second-order valence-electron chi connectivity index (χ2n) is 2.85. The summed E-state index contributed by atoms with van der Waals surface area (Å²) in [7, 11) is 1.82. The van der Waals surface area contributed by atoms with Crippen LogP contribution in [0.25, 0.3) is 0 Å². The van der Waals surface area contributed by atoms with Crippen LogP contribution in [0.3, 0.4) is 0 Å². The molecule has 0 saturated carbocycles. The molecule has 0 spiro atoms. The van der Waals surface area contributed by atoms with Gasteiger partial charge in [-0.15, -0.1) is 0 Å². The van der Waals surface area contributed by atoms with Gasteiger partial charge in [0.1, 0.15) is 0 Å². The maximum absolute atomic E-state index is 8.50. The number of nitrogens with zero attached hydrogens (tertiary/aromatic N) is 4. The average Bonchev–Trinajstić information content (AvgIpc) is 2.08. The largest absolute Gasteiger partial charge is 0.332 e. The van der Waals surface area contributed by atoms with Crippen molar-refractivity contribution in [2.75, 3.05) is 26.9 Å². The highest BCUT2D eigenvalue weighted by Crippen LogP contribution is 1.99. The summed E-state index contributed by atoms with van der Waals surface area (Å²) in [5.41, 5.74) is 2.27. The van der Waals surface area contributed by atoms with E-state index < -0.39 is 0 Å². The van der Waals surface area contributed by atoms with Crippen molar-refractivity contribution < 1.29 is 10.4 Å². The van der Waals surface area contributed by atoms with E-state index in [4.69, 9.17) is 10.4 Å². The molecule has 1 aliphatic heterocycles. The van der Waals surface area contributed by atoms with E-state index in [9.17, 15) is 0 Å². The molecule has 0 aromatic carbocycles. The molecule has 0 aliphatic carbocycles. The van der Waals surface area contributed by atoms with Gasteiger partial charge in [-0.2, -0.15) is 0 Å². The molecule has 0 radical (unpaired) electrons. The Morgan fingerprint density at radius 3 is 2.77 bits per heavy atom. The van der Waals surface area contributed by atoms with Gasteiger partial charge < -0.3 is 4.90 Å². The van der Waals surface area contributed by atoms with Gasteiger partial charge in [-0.05, 0) is 6.54 Å². The number of nitrogens with one attached hydrogen (secondary N) is 1. The zero-order valence-corrected chi connectivity index (χ0v) is 7.80. The summed E-state index contributed by atoms with van der Waals surface area (Å²) in [5, 5.41) is 16.9. The number of rotatable bonds is 2. The van der Waals surface area contributed by atoms with Gasteiger partial charge in [0, 0.05) is 12.4 Å². The first-order chi connectivity index (χ1) is 6.13. The van der Waals surface area contributed by atoms with Crippen LogP contribution in [0.5, 0.6) is 0 Å². The Bertz CT molecular complexity index is 195. The number of hydrazine groups is 1. The van der Waals surface area contributed by atoms with Crippen molar-refractivity contribution in [2.24, 2.45) is 4.99 Å². The van der Waals surface area contributed by atoms with Gasteiger partial charge in [0.15, 0.2) is 0 Å². The van der Waals surface area contributed by atoms with Crippen molar-refractivity contribution in [3.05, 3.63) is 0 Å². The van der Waals surface area contributed by atoms with E-state index in [2.05, 4.69) is 15.3 Å². The lowest BCUT2D eigenvalue weighted by Gasteiger charge is -2.33. The molecule has 0 saturated heterocycles. The van der Waals surface area contributed by atoms with Gasteiger partial charge in [-0.25, -0.2) is 10.4 Å². The summed E-state index contributed by atoms with van der Waals surface area (Å²) in [6.45, 7) is 4.25. The molecule has 0 fully saturated rings. The fourth-order valence-corrected chi connectivity index (χ4v) is 1.11. The first-order valence-corrected chi connectivity index (χ1v) is 4.06. The van der Waals surface area contributed by atoms with Crippen LogP contribution < -0.4 is 5.43 Å². The van der Waals surface area contributed by atoms with Gasteiger partial charge in [-0.1, -0.05) is 6.92 Å². The molecule has 1 aliphatic rings. The van der Waals surface area contributed by atoms with E-state index >= 15 is 0 Å². The Labute approximate surface area is 76.7 Å². The number of hydrogen-bond donors (Lipinski definition) is 3. The van der Waals surface area contributed by atoms with E-state index in [1.165, 1.54) is 0 Å². The second kappa shape index (κ2) is 4.38. The van der Waals surface area contributed by atoms with Gasteiger partial charge in [0.2, 0.25) is 5.96 Å². The highest BCUT2D eigenvalue weighted by Gasteiger charge is 2.16. The number of guanidine groups is 1. The lowest BCUT2D eigenvalue weighted by atomic mass is 10.5. The maximum atomic E-state index is 8.50. The SMILES string of the molecule is CCN1CN=C(NN(O)O)N(C)C1. The summed E-state index contributed by atoms with van der Waals surface area (Å²) in [4.78, 5) is 7.98. The van der Waals surface area contributed by atoms with Crippen LogP contribution in [0, 0.1) is 0 Å². The van der Waals surface area contributed by atoms with Gasteiger partial charge in [-0.3, -0.25) is 15.3 Å². The van der Waals surface area contributed by atoms with Crippen molar-refractivity contribution in [3.8, 4) is 0 Å². The molecular formula is C6H15N5O2. The van der Waals surface area contributed by atoms with Crippen LogP contribution in [0.4, 0.5) is 0 Å². The van der Waals surface area contributed by atoms with Crippen molar-refractivity contribution in [1.82, 2.24) is 20.6 Å². The average molecular weight is 189 g/mol. The van der Waals surface area contributed by atoms with Crippen LogP contribution in [0.15, 0.2) is 4.99 Å². The monoisotopic (exact) mass is 189 g/mol. The predicted octanol–water partition coefficient (Wildman–Crippen LogP) is -0.890. The Balaban J connectivity index is 2.51. The molecular weight excluding hydrogens is 174 g/mol. The zero-order chi connectivity index (χ0) is 9.84. The molecule has 7 nitrogen and oxygen atoms in total. The maximum Gasteiger partial charge on any atom is 0.214 e. The fourth-order valence-electron chi connectivity index (χ4n) is 1.11. The third-order valence-corrected chi connectivity index (χ3v) is 1.84. The summed E-state index contributed by atoms with van der Waals surface area (Å²) >= 11 is 0. The summed E-state index contributed by atoms with van der Waals surface area (Å²) in [6, 6.07) is 0. The van der Waals surface area contributed by atoms with E-state index in [1.54, 1.807) is 4.90 Å². The minimum absolute atomic E-state index is 0.100. The molecule has 0 aromatic rings. The second-order valence-corrected chi connectivity index (χ2v) is 2.85. The standard InChI is InChI=1S/C6H15N5O2/c1-3-10-4-7-6(8-11(12)13)9(2)5-10/h12-13H,3-5H2,1-2H3,(H,7,8). The van der Waals surface area contributed by atoms with Gasteiger partial charge >= 0.3 is 0 Å². The van der Waals surface area contributed by atoms with E-state index in [-0.39, 0.29) is 5.34 Å². The Morgan fingerprint density at radius 2 is 2.31 bits per heavy atom. The Kier molecular flexibility index (Phi) is 3.43. The van der Waals surface area contributed by atoms with Crippen LogP contribution in [0.1, 0.15) is 6.92 Å². The van der Waals surface area contributed by atoms with Crippen LogP contribution >= 0.6 is 0 Å². The molecule has 0 aromatic heterocycles.